The number of amides is 1. The highest BCUT2D eigenvalue weighted by Crippen LogP contribution is 2.23. The molecule has 1 aliphatic rings. The normalized spacial score (nSPS) is 14.5. The van der Waals surface area contributed by atoms with Crippen LogP contribution >= 0.6 is 0 Å². The fourth-order valence-corrected chi connectivity index (χ4v) is 1.58. The Balaban J connectivity index is 2.36. The molecule has 5 heteroatoms. The molecule has 1 amide bonds. The van der Waals surface area contributed by atoms with Gasteiger partial charge in [-0.3, -0.25) is 9.59 Å². The molecule has 0 aliphatic carbocycles. The first-order valence-electron chi connectivity index (χ1n) is 4.83. The third-order valence-electron chi connectivity index (χ3n) is 2.26. The van der Waals surface area contributed by atoms with E-state index in [9.17, 15) is 9.59 Å². The molecule has 0 saturated heterocycles. The van der Waals surface area contributed by atoms with Crippen LogP contribution in [0.1, 0.15) is 12.0 Å². The van der Waals surface area contributed by atoms with Crippen molar-refractivity contribution in [2.24, 2.45) is 5.10 Å². The summed E-state index contributed by atoms with van der Waals surface area (Å²) in [5.41, 5.74) is 1.13. The number of anilines is 1. The van der Waals surface area contributed by atoms with E-state index in [4.69, 9.17) is 5.11 Å². The smallest absolute Gasteiger partial charge is 0.307 e. The van der Waals surface area contributed by atoms with Crippen LogP contribution in [0.2, 0.25) is 0 Å². The summed E-state index contributed by atoms with van der Waals surface area (Å²) in [5.74, 6) is -1.07. The second-order valence-corrected chi connectivity index (χ2v) is 3.41. The zero-order chi connectivity index (χ0) is 11.5. The van der Waals surface area contributed by atoms with E-state index < -0.39 is 5.97 Å². The Kier molecular flexibility index (Phi) is 2.68. The van der Waals surface area contributed by atoms with Crippen molar-refractivity contribution in [3.8, 4) is 0 Å². The van der Waals surface area contributed by atoms with Crippen LogP contribution in [0.4, 0.5) is 5.69 Å². The van der Waals surface area contributed by atoms with Crippen LogP contribution in [0, 0.1) is 0 Å². The molecular formula is C11H10N2O3. The van der Waals surface area contributed by atoms with Gasteiger partial charge in [0.25, 0.3) is 5.91 Å². The molecule has 0 atom stereocenters. The highest BCUT2D eigenvalue weighted by Gasteiger charge is 2.21. The van der Waals surface area contributed by atoms with E-state index in [0.29, 0.717) is 11.3 Å². The lowest BCUT2D eigenvalue weighted by atomic mass is 10.1. The maximum atomic E-state index is 11.5. The molecule has 16 heavy (non-hydrogen) atoms. The molecule has 0 aromatic heterocycles. The van der Waals surface area contributed by atoms with E-state index in [1.807, 2.05) is 0 Å². The van der Waals surface area contributed by atoms with E-state index in [-0.39, 0.29) is 18.7 Å². The molecule has 0 radical (unpaired) electrons. The molecule has 1 heterocycles. The van der Waals surface area contributed by atoms with Gasteiger partial charge in [0, 0.05) is 6.21 Å². The zero-order valence-corrected chi connectivity index (χ0v) is 8.46. The SMILES string of the molecule is O=C(O)Cc1ccccc1N1N=CCC1=O. The topological polar surface area (TPSA) is 70.0 Å². The average molecular weight is 218 g/mol. The largest absolute Gasteiger partial charge is 0.481 e. The molecule has 82 valence electrons. The van der Waals surface area contributed by atoms with Crippen molar-refractivity contribution in [1.82, 2.24) is 0 Å². The van der Waals surface area contributed by atoms with Crippen LogP contribution in [-0.2, 0) is 16.0 Å². The van der Waals surface area contributed by atoms with Gasteiger partial charge >= 0.3 is 5.97 Å². The maximum Gasteiger partial charge on any atom is 0.307 e. The van der Waals surface area contributed by atoms with Crippen molar-refractivity contribution < 1.29 is 14.7 Å². The number of para-hydroxylation sites is 1. The number of hydrogen-bond acceptors (Lipinski definition) is 3. The molecule has 0 bridgehead atoms. The van der Waals surface area contributed by atoms with Crippen molar-refractivity contribution >= 4 is 23.8 Å². The van der Waals surface area contributed by atoms with Crippen molar-refractivity contribution in [3.63, 3.8) is 0 Å². The number of carboxylic acid groups (broad SMARTS) is 1. The van der Waals surface area contributed by atoms with Gasteiger partial charge in [0.2, 0.25) is 0 Å². The van der Waals surface area contributed by atoms with E-state index >= 15 is 0 Å². The number of carboxylic acids is 1. The number of aliphatic carboxylic acids is 1. The predicted octanol–water partition coefficient (Wildman–Crippen LogP) is 1.04. The Morgan fingerprint density at radius 2 is 2.19 bits per heavy atom. The Morgan fingerprint density at radius 3 is 2.81 bits per heavy atom. The van der Waals surface area contributed by atoms with Gasteiger partial charge in [-0.05, 0) is 11.6 Å². The fraction of sp³-hybridized carbons (Fsp3) is 0.182. The first-order valence-corrected chi connectivity index (χ1v) is 4.83. The highest BCUT2D eigenvalue weighted by molar-refractivity contribution is 6.06. The predicted molar refractivity (Wildman–Crippen MR) is 58.4 cm³/mol. The minimum Gasteiger partial charge on any atom is -0.481 e. The van der Waals surface area contributed by atoms with Gasteiger partial charge in [0.15, 0.2) is 0 Å². The molecule has 0 saturated carbocycles. The summed E-state index contributed by atoms with van der Waals surface area (Å²) in [6.07, 6.45) is 1.66. The summed E-state index contributed by atoms with van der Waals surface area (Å²) in [7, 11) is 0. The van der Waals surface area contributed by atoms with Gasteiger partial charge in [-0.1, -0.05) is 18.2 Å². The summed E-state index contributed by atoms with van der Waals surface area (Å²) in [5, 5.41) is 13.9. The van der Waals surface area contributed by atoms with Crippen molar-refractivity contribution in [1.29, 1.82) is 0 Å². The maximum absolute atomic E-state index is 11.5. The second kappa shape index (κ2) is 4.14. The molecule has 1 aromatic rings. The minimum atomic E-state index is -0.928. The molecular weight excluding hydrogens is 208 g/mol. The number of benzene rings is 1. The van der Waals surface area contributed by atoms with E-state index in [0.717, 1.165) is 0 Å². The van der Waals surface area contributed by atoms with Crippen LogP contribution in [0.5, 0.6) is 0 Å². The quantitative estimate of drug-likeness (QED) is 0.823. The Labute approximate surface area is 92.0 Å². The Bertz CT molecular complexity index is 468. The monoisotopic (exact) mass is 218 g/mol. The van der Waals surface area contributed by atoms with Crippen LogP contribution in [0.3, 0.4) is 0 Å². The molecule has 1 N–H and O–H groups in total. The molecule has 5 nitrogen and oxygen atoms in total. The van der Waals surface area contributed by atoms with E-state index in [1.165, 1.54) is 11.2 Å². The van der Waals surface area contributed by atoms with Crippen LogP contribution in [0.15, 0.2) is 29.4 Å². The lowest BCUT2D eigenvalue weighted by Gasteiger charge is -2.15. The van der Waals surface area contributed by atoms with Crippen LogP contribution < -0.4 is 5.01 Å². The summed E-state index contributed by atoms with van der Waals surface area (Å²) in [4.78, 5) is 22.1. The van der Waals surface area contributed by atoms with Crippen molar-refractivity contribution in [2.45, 2.75) is 12.8 Å². The van der Waals surface area contributed by atoms with Crippen molar-refractivity contribution in [2.75, 3.05) is 5.01 Å². The first-order chi connectivity index (χ1) is 7.68. The summed E-state index contributed by atoms with van der Waals surface area (Å²) in [6, 6.07) is 6.87. The molecule has 1 aliphatic heterocycles. The summed E-state index contributed by atoms with van der Waals surface area (Å²) >= 11 is 0. The third kappa shape index (κ3) is 1.93. The van der Waals surface area contributed by atoms with Gasteiger partial charge < -0.3 is 5.11 Å². The average Bonchev–Trinajstić information content (AvgIpc) is 2.64. The zero-order valence-electron chi connectivity index (χ0n) is 8.46. The summed E-state index contributed by atoms with van der Waals surface area (Å²) in [6.45, 7) is 0. The lowest BCUT2D eigenvalue weighted by Crippen LogP contribution is -2.21. The van der Waals surface area contributed by atoms with Gasteiger partial charge in [0.1, 0.15) is 0 Å². The first kappa shape index (κ1) is 10.4. The molecule has 1 aromatic carbocycles. The van der Waals surface area contributed by atoms with E-state index in [2.05, 4.69) is 5.10 Å². The standard InChI is InChI=1S/C11H10N2O3/c14-10-5-6-12-13(10)9-4-2-1-3-8(9)7-11(15)16/h1-4,6H,5,7H2,(H,15,16). The van der Waals surface area contributed by atoms with Crippen LogP contribution in [-0.4, -0.2) is 23.2 Å². The number of carbonyl (C=O) groups is 2. The molecule has 0 unspecified atom stereocenters. The van der Waals surface area contributed by atoms with Crippen LogP contribution in [0.25, 0.3) is 0 Å². The van der Waals surface area contributed by atoms with Crippen molar-refractivity contribution in [3.05, 3.63) is 29.8 Å². The third-order valence-corrected chi connectivity index (χ3v) is 2.26. The molecule has 0 spiro atoms. The Hall–Kier alpha value is -2.17. The molecule has 2 rings (SSSR count). The fourth-order valence-electron chi connectivity index (χ4n) is 1.58. The number of hydrazone groups is 1. The number of nitrogens with zero attached hydrogens (tertiary/aromatic N) is 2. The van der Waals surface area contributed by atoms with E-state index in [1.54, 1.807) is 24.3 Å². The second-order valence-electron chi connectivity index (χ2n) is 3.41. The van der Waals surface area contributed by atoms with Gasteiger partial charge in [-0.15, -0.1) is 0 Å². The minimum absolute atomic E-state index is 0.116. The molecule has 0 fully saturated rings. The summed E-state index contributed by atoms with van der Waals surface area (Å²) < 4.78 is 0. The Morgan fingerprint density at radius 1 is 1.44 bits per heavy atom. The number of rotatable bonds is 3. The van der Waals surface area contributed by atoms with Gasteiger partial charge in [-0.2, -0.15) is 5.10 Å². The number of hydrogen-bond donors (Lipinski definition) is 1. The number of carbonyl (C=O) groups excluding carboxylic acids is 1. The highest BCUT2D eigenvalue weighted by atomic mass is 16.4. The lowest BCUT2D eigenvalue weighted by molar-refractivity contribution is -0.136. The van der Waals surface area contributed by atoms with Gasteiger partial charge in [-0.25, -0.2) is 5.01 Å². The van der Waals surface area contributed by atoms with Gasteiger partial charge in [0.05, 0.1) is 18.5 Å².